The highest BCUT2D eigenvalue weighted by atomic mass is 16.4. The fourth-order valence-electron chi connectivity index (χ4n) is 3.61. The Bertz CT molecular complexity index is 750. The second kappa shape index (κ2) is 6.07. The number of nitrogens with zero attached hydrogens (tertiary/aromatic N) is 2. The van der Waals surface area contributed by atoms with Gasteiger partial charge in [0.05, 0.1) is 12.3 Å². The van der Waals surface area contributed by atoms with E-state index in [0.29, 0.717) is 19.4 Å². The van der Waals surface area contributed by atoms with Gasteiger partial charge in [-0.25, -0.2) is 0 Å². The van der Waals surface area contributed by atoms with Gasteiger partial charge in [0.2, 0.25) is 5.91 Å². The maximum atomic E-state index is 12.7. The molecule has 5 heteroatoms. The molecule has 2 heterocycles. The lowest BCUT2D eigenvalue weighted by molar-refractivity contribution is -0.143. The minimum atomic E-state index is -0.810. The lowest BCUT2D eigenvalue weighted by Crippen LogP contribution is -2.38. The zero-order valence-corrected chi connectivity index (χ0v) is 13.5. The molecule has 5 nitrogen and oxygen atoms in total. The summed E-state index contributed by atoms with van der Waals surface area (Å²) in [5.74, 6) is -1.24. The molecule has 3 rings (SSSR count). The Morgan fingerprint density at radius 1 is 1.30 bits per heavy atom. The number of para-hydroxylation sites is 1. The molecule has 1 amide bonds. The van der Waals surface area contributed by atoms with Crippen molar-refractivity contribution in [2.24, 2.45) is 5.92 Å². The second-order valence-electron chi connectivity index (χ2n) is 6.20. The number of hydrogen-bond donors (Lipinski definition) is 1. The largest absolute Gasteiger partial charge is 0.481 e. The molecule has 23 heavy (non-hydrogen) atoms. The van der Waals surface area contributed by atoms with Crippen LogP contribution in [0.1, 0.15) is 25.8 Å². The Labute approximate surface area is 135 Å². The third-order valence-electron chi connectivity index (χ3n) is 4.95. The summed E-state index contributed by atoms with van der Waals surface area (Å²) in [6.07, 6.45) is 2.90. The average Bonchev–Trinajstić information content (AvgIpc) is 3.08. The SMILES string of the molecule is CCn1cc(CC(=O)N2CCC(C(=O)O)C2C)c2ccccc21. The molecule has 0 radical (unpaired) electrons. The Hall–Kier alpha value is -2.30. The number of rotatable bonds is 4. The standard InChI is InChI=1S/C18H22N2O3/c1-3-19-11-13(15-6-4-5-7-16(15)19)10-17(21)20-9-8-14(12(20)2)18(22)23/h4-7,11-12,14H,3,8-10H2,1-2H3,(H,22,23). The number of carbonyl (C=O) groups is 2. The quantitative estimate of drug-likeness (QED) is 0.943. The molecule has 1 aromatic heterocycles. The van der Waals surface area contributed by atoms with Crippen molar-refractivity contribution in [1.29, 1.82) is 0 Å². The summed E-state index contributed by atoms with van der Waals surface area (Å²) < 4.78 is 2.14. The number of carbonyl (C=O) groups excluding carboxylic acids is 1. The number of amides is 1. The molecular formula is C18H22N2O3. The normalized spacial score (nSPS) is 21.0. The molecule has 0 bridgehead atoms. The summed E-state index contributed by atoms with van der Waals surface area (Å²) in [4.78, 5) is 25.6. The molecule has 1 saturated heterocycles. The van der Waals surface area contributed by atoms with Crippen molar-refractivity contribution >= 4 is 22.8 Å². The van der Waals surface area contributed by atoms with Gasteiger partial charge in [0.15, 0.2) is 0 Å². The molecule has 0 spiro atoms. The summed E-state index contributed by atoms with van der Waals surface area (Å²) in [5, 5.41) is 10.3. The van der Waals surface area contributed by atoms with E-state index in [4.69, 9.17) is 0 Å². The summed E-state index contributed by atoms with van der Waals surface area (Å²) in [7, 11) is 0. The van der Waals surface area contributed by atoms with Crippen LogP contribution in [0.2, 0.25) is 0 Å². The number of likely N-dealkylation sites (tertiary alicyclic amines) is 1. The highest BCUT2D eigenvalue weighted by molar-refractivity contribution is 5.90. The minimum Gasteiger partial charge on any atom is -0.481 e. The number of carboxylic acid groups (broad SMARTS) is 1. The summed E-state index contributed by atoms with van der Waals surface area (Å²) in [6, 6.07) is 7.85. The maximum Gasteiger partial charge on any atom is 0.308 e. The van der Waals surface area contributed by atoms with Crippen molar-refractivity contribution in [3.05, 3.63) is 36.0 Å². The first-order chi connectivity index (χ1) is 11.0. The van der Waals surface area contributed by atoms with Gasteiger partial charge in [-0.3, -0.25) is 9.59 Å². The first kappa shape index (κ1) is 15.6. The zero-order chi connectivity index (χ0) is 16.6. The number of carboxylic acids is 1. The predicted octanol–water partition coefficient (Wildman–Crippen LogP) is 2.53. The van der Waals surface area contributed by atoms with Crippen LogP contribution in [0.3, 0.4) is 0 Å². The second-order valence-corrected chi connectivity index (χ2v) is 6.20. The van der Waals surface area contributed by atoms with Gasteiger partial charge in [-0.1, -0.05) is 18.2 Å². The van der Waals surface area contributed by atoms with Crippen LogP contribution in [0, 0.1) is 5.92 Å². The highest BCUT2D eigenvalue weighted by Gasteiger charge is 2.38. The van der Waals surface area contributed by atoms with E-state index in [2.05, 4.69) is 17.6 Å². The first-order valence-electron chi connectivity index (χ1n) is 8.12. The number of aromatic nitrogens is 1. The number of hydrogen-bond acceptors (Lipinski definition) is 2. The third kappa shape index (κ3) is 2.71. The van der Waals surface area contributed by atoms with Crippen LogP contribution in [-0.4, -0.2) is 39.0 Å². The molecule has 0 aliphatic carbocycles. The van der Waals surface area contributed by atoms with Crippen LogP contribution in [-0.2, 0) is 22.6 Å². The highest BCUT2D eigenvalue weighted by Crippen LogP contribution is 2.27. The van der Waals surface area contributed by atoms with Crippen molar-refractivity contribution in [1.82, 2.24) is 9.47 Å². The van der Waals surface area contributed by atoms with Crippen LogP contribution in [0.4, 0.5) is 0 Å². The maximum absolute atomic E-state index is 12.7. The van der Waals surface area contributed by atoms with Crippen molar-refractivity contribution in [3.8, 4) is 0 Å². The Kier molecular flexibility index (Phi) is 4.11. The van der Waals surface area contributed by atoms with Gasteiger partial charge in [-0.05, 0) is 31.9 Å². The molecule has 2 atom stereocenters. The van der Waals surface area contributed by atoms with Gasteiger partial charge in [0.1, 0.15) is 0 Å². The molecule has 1 aliphatic rings. The molecule has 1 aromatic carbocycles. The van der Waals surface area contributed by atoms with Gasteiger partial charge in [-0.15, -0.1) is 0 Å². The Morgan fingerprint density at radius 3 is 2.70 bits per heavy atom. The predicted molar refractivity (Wildman–Crippen MR) is 88.2 cm³/mol. The van der Waals surface area contributed by atoms with Crippen LogP contribution in [0.25, 0.3) is 10.9 Å². The van der Waals surface area contributed by atoms with Crippen molar-refractivity contribution in [2.75, 3.05) is 6.54 Å². The molecule has 1 N–H and O–H groups in total. The molecule has 1 aliphatic heterocycles. The van der Waals surface area contributed by atoms with Gasteiger partial charge in [-0.2, -0.15) is 0 Å². The Balaban J connectivity index is 1.83. The van der Waals surface area contributed by atoms with Crippen molar-refractivity contribution in [2.45, 2.75) is 39.3 Å². The van der Waals surface area contributed by atoms with Gasteiger partial charge < -0.3 is 14.6 Å². The van der Waals surface area contributed by atoms with E-state index in [1.807, 2.05) is 31.3 Å². The smallest absolute Gasteiger partial charge is 0.308 e. The summed E-state index contributed by atoms with van der Waals surface area (Å²) in [5.41, 5.74) is 2.15. The molecular weight excluding hydrogens is 292 g/mol. The Morgan fingerprint density at radius 2 is 2.04 bits per heavy atom. The van der Waals surface area contributed by atoms with Crippen LogP contribution in [0.5, 0.6) is 0 Å². The fraction of sp³-hybridized carbons (Fsp3) is 0.444. The molecule has 122 valence electrons. The van der Waals surface area contributed by atoms with E-state index >= 15 is 0 Å². The molecule has 0 saturated carbocycles. The minimum absolute atomic E-state index is 0.0141. The van der Waals surface area contributed by atoms with E-state index in [9.17, 15) is 14.7 Å². The van der Waals surface area contributed by atoms with Crippen LogP contribution >= 0.6 is 0 Å². The van der Waals surface area contributed by atoms with Crippen LogP contribution < -0.4 is 0 Å². The lowest BCUT2D eigenvalue weighted by atomic mass is 10.0. The topological polar surface area (TPSA) is 62.5 Å². The molecule has 2 aromatic rings. The van der Waals surface area contributed by atoms with E-state index in [0.717, 1.165) is 23.0 Å². The molecule has 2 unspecified atom stereocenters. The van der Waals surface area contributed by atoms with E-state index in [1.165, 1.54) is 0 Å². The zero-order valence-electron chi connectivity index (χ0n) is 13.5. The number of aliphatic carboxylic acids is 1. The van der Waals surface area contributed by atoms with E-state index < -0.39 is 11.9 Å². The summed E-state index contributed by atoms with van der Waals surface area (Å²) in [6.45, 7) is 5.30. The van der Waals surface area contributed by atoms with Crippen molar-refractivity contribution < 1.29 is 14.7 Å². The number of benzene rings is 1. The number of aryl methyl sites for hydroxylation is 1. The van der Waals surface area contributed by atoms with Crippen molar-refractivity contribution in [3.63, 3.8) is 0 Å². The van der Waals surface area contributed by atoms with Gasteiger partial charge in [0, 0.05) is 36.2 Å². The fourth-order valence-corrected chi connectivity index (χ4v) is 3.61. The van der Waals surface area contributed by atoms with Gasteiger partial charge >= 0.3 is 5.97 Å². The monoisotopic (exact) mass is 314 g/mol. The van der Waals surface area contributed by atoms with Gasteiger partial charge in [0.25, 0.3) is 0 Å². The van der Waals surface area contributed by atoms with E-state index in [1.54, 1.807) is 4.90 Å². The average molecular weight is 314 g/mol. The lowest BCUT2D eigenvalue weighted by Gasteiger charge is -2.23. The van der Waals surface area contributed by atoms with E-state index in [-0.39, 0.29) is 11.9 Å². The number of fused-ring (bicyclic) bond motifs is 1. The third-order valence-corrected chi connectivity index (χ3v) is 4.95. The summed E-state index contributed by atoms with van der Waals surface area (Å²) >= 11 is 0. The first-order valence-corrected chi connectivity index (χ1v) is 8.12. The molecule has 1 fully saturated rings. The van der Waals surface area contributed by atoms with Crippen LogP contribution in [0.15, 0.2) is 30.5 Å².